The van der Waals surface area contributed by atoms with E-state index in [1.807, 2.05) is 6.92 Å². The van der Waals surface area contributed by atoms with Crippen molar-refractivity contribution in [2.75, 3.05) is 17.7 Å². The minimum absolute atomic E-state index is 0.0151. The molecule has 2 aromatic carbocycles. The minimum Gasteiger partial charge on any atom is -0.452 e. The van der Waals surface area contributed by atoms with Gasteiger partial charge in [-0.05, 0) is 30.7 Å². The minimum atomic E-state index is -0.932. The molecular formula is C16H14ClN3O5. The number of nitro benzene ring substituents is 1. The largest absolute Gasteiger partial charge is 0.452 e. The number of nitrogen functional groups attached to an aromatic ring is 1. The van der Waals surface area contributed by atoms with Gasteiger partial charge in [0.05, 0.1) is 10.5 Å². The Hall–Kier alpha value is -3.13. The first-order valence-corrected chi connectivity index (χ1v) is 7.43. The van der Waals surface area contributed by atoms with E-state index in [0.717, 1.165) is 11.6 Å². The van der Waals surface area contributed by atoms with Crippen molar-refractivity contribution in [1.82, 2.24) is 0 Å². The quantitative estimate of drug-likeness (QED) is 0.364. The summed E-state index contributed by atoms with van der Waals surface area (Å²) in [5, 5.41) is 13.8. The Bertz CT molecular complexity index is 854. The molecule has 9 heteroatoms. The first-order chi connectivity index (χ1) is 11.8. The van der Waals surface area contributed by atoms with Gasteiger partial charge in [0.25, 0.3) is 11.6 Å². The Morgan fingerprint density at radius 1 is 1.28 bits per heavy atom. The Morgan fingerprint density at radius 3 is 2.64 bits per heavy atom. The third-order valence-corrected chi connectivity index (χ3v) is 3.66. The summed E-state index contributed by atoms with van der Waals surface area (Å²) in [7, 11) is 0. The highest BCUT2D eigenvalue weighted by atomic mass is 35.5. The monoisotopic (exact) mass is 363 g/mol. The maximum absolute atomic E-state index is 12.0. The van der Waals surface area contributed by atoms with Crippen molar-refractivity contribution in [3.63, 3.8) is 0 Å². The molecule has 1 amide bonds. The number of nitrogens with zero attached hydrogens (tertiary/aromatic N) is 1. The maximum atomic E-state index is 12.0. The van der Waals surface area contributed by atoms with Gasteiger partial charge in [-0.1, -0.05) is 17.7 Å². The first kappa shape index (κ1) is 18.2. The second-order valence-electron chi connectivity index (χ2n) is 5.12. The molecule has 0 saturated carbocycles. The van der Waals surface area contributed by atoms with Crippen molar-refractivity contribution in [2.45, 2.75) is 6.92 Å². The number of carbonyl (C=O) groups is 2. The van der Waals surface area contributed by atoms with E-state index in [1.165, 1.54) is 12.1 Å². The molecule has 0 bridgehead atoms. The molecule has 25 heavy (non-hydrogen) atoms. The van der Waals surface area contributed by atoms with E-state index in [4.69, 9.17) is 22.1 Å². The van der Waals surface area contributed by atoms with Gasteiger partial charge in [-0.2, -0.15) is 0 Å². The number of hydrogen-bond acceptors (Lipinski definition) is 6. The van der Waals surface area contributed by atoms with Crippen LogP contribution in [-0.4, -0.2) is 23.4 Å². The average Bonchev–Trinajstić information content (AvgIpc) is 2.56. The molecule has 0 aliphatic carbocycles. The van der Waals surface area contributed by atoms with Crippen LogP contribution in [-0.2, 0) is 9.53 Å². The lowest BCUT2D eigenvalue weighted by molar-refractivity contribution is -0.384. The number of ether oxygens (including phenoxy) is 1. The molecule has 0 heterocycles. The zero-order chi connectivity index (χ0) is 18.6. The maximum Gasteiger partial charge on any atom is 0.341 e. The summed E-state index contributed by atoms with van der Waals surface area (Å²) in [6, 6.07) is 8.33. The van der Waals surface area contributed by atoms with Crippen LogP contribution in [0.1, 0.15) is 15.9 Å². The molecule has 130 valence electrons. The summed E-state index contributed by atoms with van der Waals surface area (Å²) in [4.78, 5) is 33.9. The Kier molecular flexibility index (Phi) is 5.56. The van der Waals surface area contributed by atoms with Crippen LogP contribution in [0, 0.1) is 17.0 Å². The molecule has 0 radical (unpaired) electrons. The van der Waals surface area contributed by atoms with Gasteiger partial charge in [-0.15, -0.1) is 0 Å². The third-order valence-electron chi connectivity index (χ3n) is 3.26. The lowest BCUT2D eigenvalue weighted by Gasteiger charge is -2.09. The van der Waals surface area contributed by atoms with Crippen LogP contribution >= 0.6 is 11.6 Å². The summed E-state index contributed by atoms with van der Waals surface area (Å²) >= 11 is 5.96. The van der Waals surface area contributed by atoms with Crippen LogP contribution in [0.25, 0.3) is 0 Å². The lowest BCUT2D eigenvalue weighted by atomic mass is 10.1. The predicted molar refractivity (Wildman–Crippen MR) is 92.6 cm³/mol. The van der Waals surface area contributed by atoms with E-state index in [9.17, 15) is 19.7 Å². The van der Waals surface area contributed by atoms with Crippen molar-refractivity contribution >= 4 is 40.5 Å². The molecule has 0 atom stereocenters. The standard InChI is InChI=1S/C16H14ClN3O5/c1-9-2-3-10(6-13(9)17)19-15(21)8-25-16(22)12-7-11(20(23)24)4-5-14(12)18/h2-7H,8,18H2,1H3,(H,19,21). The van der Waals surface area contributed by atoms with E-state index < -0.39 is 23.4 Å². The second kappa shape index (κ2) is 7.63. The smallest absolute Gasteiger partial charge is 0.341 e. The van der Waals surface area contributed by atoms with E-state index in [-0.39, 0.29) is 16.9 Å². The Morgan fingerprint density at radius 2 is 2.00 bits per heavy atom. The lowest BCUT2D eigenvalue weighted by Crippen LogP contribution is -2.21. The number of anilines is 2. The number of non-ortho nitro benzene ring substituents is 1. The number of aryl methyl sites for hydroxylation is 1. The summed E-state index contributed by atoms with van der Waals surface area (Å²) in [6.07, 6.45) is 0. The van der Waals surface area contributed by atoms with Crippen molar-refractivity contribution in [3.05, 3.63) is 62.7 Å². The molecule has 3 N–H and O–H groups in total. The van der Waals surface area contributed by atoms with E-state index in [2.05, 4.69) is 5.32 Å². The Labute approximate surface area is 147 Å². The van der Waals surface area contributed by atoms with Crippen molar-refractivity contribution < 1.29 is 19.2 Å². The molecule has 8 nitrogen and oxygen atoms in total. The predicted octanol–water partition coefficient (Wildman–Crippen LogP) is 2.93. The fraction of sp³-hybridized carbons (Fsp3) is 0.125. The summed E-state index contributed by atoms with van der Waals surface area (Å²) < 4.78 is 4.85. The van der Waals surface area contributed by atoms with E-state index in [0.29, 0.717) is 10.7 Å². The van der Waals surface area contributed by atoms with Crippen LogP contribution in [0.15, 0.2) is 36.4 Å². The van der Waals surface area contributed by atoms with Crippen LogP contribution in [0.4, 0.5) is 17.1 Å². The SMILES string of the molecule is Cc1ccc(NC(=O)COC(=O)c2cc([N+](=O)[O-])ccc2N)cc1Cl. The highest BCUT2D eigenvalue weighted by Gasteiger charge is 2.17. The van der Waals surface area contributed by atoms with Crippen molar-refractivity contribution in [1.29, 1.82) is 0 Å². The first-order valence-electron chi connectivity index (χ1n) is 7.05. The zero-order valence-corrected chi connectivity index (χ0v) is 13.9. The summed E-state index contributed by atoms with van der Waals surface area (Å²) in [6.45, 7) is 1.24. The fourth-order valence-corrected chi connectivity index (χ4v) is 2.09. The molecular weight excluding hydrogens is 350 g/mol. The Balaban J connectivity index is 1.99. The highest BCUT2D eigenvalue weighted by molar-refractivity contribution is 6.31. The van der Waals surface area contributed by atoms with Crippen LogP contribution < -0.4 is 11.1 Å². The molecule has 0 saturated heterocycles. The normalized spacial score (nSPS) is 10.2. The number of nitrogens with one attached hydrogen (secondary N) is 1. The molecule has 2 rings (SSSR count). The van der Waals surface area contributed by atoms with E-state index >= 15 is 0 Å². The number of carbonyl (C=O) groups excluding carboxylic acids is 2. The number of nitrogens with two attached hydrogens (primary N) is 1. The van der Waals surface area contributed by atoms with Gasteiger partial charge in [0.2, 0.25) is 0 Å². The zero-order valence-electron chi connectivity index (χ0n) is 13.1. The number of benzene rings is 2. The van der Waals surface area contributed by atoms with Crippen LogP contribution in [0.2, 0.25) is 5.02 Å². The van der Waals surface area contributed by atoms with E-state index in [1.54, 1.807) is 18.2 Å². The van der Waals surface area contributed by atoms with Gasteiger partial charge in [-0.3, -0.25) is 14.9 Å². The van der Waals surface area contributed by atoms with Crippen LogP contribution in [0.3, 0.4) is 0 Å². The average molecular weight is 364 g/mol. The van der Waals surface area contributed by atoms with Crippen molar-refractivity contribution in [2.24, 2.45) is 0 Å². The molecule has 2 aromatic rings. The van der Waals surface area contributed by atoms with Gasteiger partial charge in [0.1, 0.15) is 0 Å². The molecule has 0 fully saturated rings. The summed E-state index contributed by atoms with van der Waals surface area (Å²) in [5.74, 6) is -1.52. The van der Waals surface area contributed by atoms with Gasteiger partial charge in [0.15, 0.2) is 6.61 Å². The van der Waals surface area contributed by atoms with Gasteiger partial charge in [0, 0.05) is 28.5 Å². The highest BCUT2D eigenvalue weighted by Crippen LogP contribution is 2.21. The molecule has 0 aliphatic rings. The fourth-order valence-electron chi connectivity index (χ4n) is 1.91. The van der Waals surface area contributed by atoms with Gasteiger partial charge in [-0.25, -0.2) is 4.79 Å². The molecule has 0 unspecified atom stereocenters. The summed E-state index contributed by atoms with van der Waals surface area (Å²) in [5.41, 5.74) is 6.45. The number of hydrogen-bond donors (Lipinski definition) is 2. The number of halogens is 1. The molecule has 0 aromatic heterocycles. The third kappa shape index (κ3) is 4.67. The molecule has 0 aliphatic heterocycles. The van der Waals surface area contributed by atoms with Gasteiger partial charge >= 0.3 is 5.97 Å². The molecule has 0 spiro atoms. The number of amides is 1. The van der Waals surface area contributed by atoms with Gasteiger partial charge < -0.3 is 15.8 Å². The number of esters is 1. The second-order valence-corrected chi connectivity index (χ2v) is 5.52. The number of rotatable bonds is 5. The van der Waals surface area contributed by atoms with Crippen LogP contribution in [0.5, 0.6) is 0 Å². The number of nitro groups is 1. The van der Waals surface area contributed by atoms with Crippen molar-refractivity contribution in [3.8, 4) is 0 Å². The topological polar surface area (TPSA) is 125 Å².